The molecule has 4 heteroatoms. The predicted octanol–water partition coefficient (Wildman–Crippen LogP) is 3.56. The number of benzene rings is 1. The van der Waals surface area contributed by atoms with Crippen molar-refractivity contribution in [2.24, 2.45) is 0 Å². The molecule has 0 aliphatic rings. The van der Waals surface area contributed by atoms with E-state index in [0.717, 1.165) is 17.7 Å². The Hall–Kier alpha value is -2.36. The maximum absolute atomic E-state index is 5.31. The molecule has 20 heavy (non-hydrogen) atoms. The largest absolute Gasteiger partial charge is 0.493 e. The van der Waals surface area contributed by atoms with Gasteiger partial charge in [-0.15, -0.1) is 0 Å². The highest BCUT2D eigenvalue weighted by atomic mass is 16.5. The summed E-state index contributed by atoms with van der Waals surface area (Å²) < 4.78 is 21.2. The van der Waals surface area contributed by atoms with Gasteiger partial charge < -0.3 is 18.6 Å². The van der Waals surface area contributed by atoms with Crippen LogP contribution in [0.1, 0.15) is 11.3 Å². The van der Waals surface area contributed by atoms with Crippen LogP contribution in [0.4, 0.5) is 0 Å². The van der Waals surface area contributed by atoms with E-state index in [2.05, 4.69) is 0 Å². The van der Waals surface area contributed by atoms with Crippen molar-refractivity contribution in [1.82, 2.24) is 0 Å². The van der Waals surface area contributed by atoms with Gasteiger partial charge in [0.1, 0.15) is 5.76 Å². The molecule has 0 fully saturated rings. The first-order valence-electron chi connectivity index (χ1n) is 6.27. The maximum Gasteiger partial charge on any atom is 0.203 e. The minimum absolute atomic E-state index is 0.596. The third kappa shape index (κ3) is 3.15. The Morgan fingerprint density at radius 3 is 2.25 bits per heavy atom. The lowest BCUT2D eigenvalue weighted by Crippen LogP contribution is -1.95. The fourth-order valence-corrected chi connectivity index (χ4v) is 1.94. The van der Waals surface area contributed by atoms with E-state index in [4.69, 9.17) is 18.6 Å². The Morgan fingerprint density at radius 2 is 1.75 bits per heavy atom. The van der Waals surface area contributed by atoms with E-state index < -0.39 is 0 Å². The molecule has 106 valence electrons. The minimum Gasteiger partial charge on any atom is -0.493 e. The van der Waals surface area contributed by atoms with Crippen LogP contribution < -0.4 is 14.2 Å². The molecule has 2 rings (SSSR count). The lowest BCUT2D eigenvalue weighted by molar-refractivity contribution is 0.324. The molecule has 0 aliphatic carbocycles. The van der Waals surface area contributed by atoms with Gasteiger partial charge in [-0.1, -0.05) is 12.2 Å². The molecule has 0 amide bonds. The summed E-state index contributed by atoms with van der Waals surface area (Å²) >= 11 is 0. The first-order valence-corrected chi connectivity index (χ1v) is 6.27. The van der Waals surface area contributed by atoms with Gasteiger partial charge in [-0.05, 0) is 29.8 Å². The number of rotatable bonds is 6. The topological polar surface area (TPSA) is 40.8 Å². The van der Waals surface area contributed by atoms with E-state index >= 15 is 0 Å². The molecule has 1 heterocycles. The SMILES string of the molecule is COc1cc(/C=C/Cc2ccco2)cc(OC)c1OC. The van der Waals surface area contributed by atoms with Crippen LogP contribution in [-0.2, 0) is 6.42 Å². The third-order valence-electron chi connectivity index (χ3n) is 2.90. The number of hydrogen-bond donors (Lipinski definition) is 0. The Labute approximate surface area is 118 Å². The summed E-state index contributed by atoms with van der Waals surface area (Å²) in [7, 11) is 4.80. The second-order valence-corrected chi connectivity index (χ2v) is 4.14. The second-order valence-electron chi connectivity index (χ2n) is 4.14. The zero-order valence-electron chi connectivity index (χ0n) is 11.9. The monoisotopic (exact) mass is 274 g/mol. The van der Waals surface area contributed by atoms with Crippen LogP contribution in [0.2, 0.25) is 0 Å². The van der Waals surface area contributed by atoms with E-state index in [1.807, 2.05) is 36.4 Å². The van der Waals surface area contributed by atoms with Gasteiger partial charge in [0, 0.05) is 6.42 Å². The Morgan fingerprint density at radius 1 is 1.05 bits per heavy atom. The number of furan rings is 1. The molecule has 0 atom stereocenters. The molecule has 1 aromatic heterocycles. The molecule has 0 N–H and O–H groups in total. The molecular formula is C16H18O4. The summed E-state index contributed by atoms with van der Waals surface area (Å²) in [5.74, 6) is 2.81. The van der Waals surface area contributed by atoms with Crippen LogP contribution in [-0.4, -0.2) is 21.3 Å². The van der Waals surface area contributed by atoms with Crippen LogP contribution in [0.25, 0.3) is 6.08 Å². The summed E-state index contributed by atoms with van der Waals surface area (Å²) in [5, 5.41) is 0. The van der Waals surface area contributed by atoms with Crippen molar-refractivity contribution >= 4 is 6.08 Å². The van der Waals surface area contributed by atoms with Gasteiger partial charge in [-0.3, -0.25) is 0 Å². The van der Waals surface area contributed by atoms with E-state index in [0.29, 0.717) is 17.2 Å². The van der Waals surface area contributed by atoms with Crippen LogP contribution >= 0.6 is 0 Å². The highest BCUT2D eigenvalue weighted by Crippen LogP contribution is 2.38. The van der Waals surface area contributed by atoms with Gasteiger partial charge in [0.2, 0.25) is 5.75 Å². The van der Waals surface area contributed by atoms with Crippen molar-refractivity contribution in [2.45, 2.75) is 6.42 Å². The average Bonchev–Trinajstić information content (AvgIpc) is 2.99. The zero-order chi connectivity index (χ0) is 14.4. The lowest BCUT2D eigenvalue weighted by atomic mass is 10.1. The van der Waals surface area contributed by atoms with Gasteiger partial charge in [0.25, 0.3) is 0 Å². The quantitative estimate of drug-likeness (QED) is 0.807. The molecule has 0 aliphatic heterocycles. The number of ether oxygens (including phenoxy) is 3. The van der Waals surface area contributed by atoms with Crippen LogP contribution in [0.5, 0.6) is 17.2 Å². The third-order valence-corrected chi connectivity index (χ3v) is 2.90. The molecule has 0 unspecified atom stereocenters. The van der Waals surface area contributed by atoms with Crippen molar-refractivity contribution in [1.29, 1.82) is 0 Å². The van der Waals surface area contributed by atoms with Gasteiger partial charge in [-0.2, -0.15) is 0 Å². The molecular weight excluding hydrogens is 256 g/mol. The average molecular weight is 274 g/mol. The maximum atomic E-state index is 5.31. The minimum atomic E-state index is 0.596. The normalized spacial score (nSPS) is 10.8. The van der Waals surface area contributed by atoms with Crippen LogP contribution in [0.3, 0.4) is 0 Å². The smallest absolute Gasteiger partial charge is 0.203 e. The summed E-state index contributed by atoms with van der Waals surface area (Å²) in [6.45, 7) is 0. The first kappa shape index (κ1) is 14.1. The lowest BCUT2D eigenvalue weighted by Gasteiger charge is -2.12. The number of methoxy groups -OCH3 is 3. The van der Waals surface area contributed by atoms with Crippen molar-refractivity contribution in [3.63, 3.8) is 0 Å². The number of hydrogen-bond acceptors (Lipinski definition) is 4. The van der Waals surface area contributed by atoms with Gasteiger partial charge in [0.05, 0.1) is 27.6 Å². The number of allylic oxidation sites excluding steroid dienone is 1. The van der Waals surface area contributed by atoms with Crippen LogP contribution in [0.15, 0.2) is 41.0 Å². The second kappa shape index (κ2) is 6.70. The fourth-order valence-electron chi connectivity index (χ4n) is 1.94. The first-order chi connectivity index (χ1) is 9.78. The van der Waals surface area contributed by atoms with E-state index in [1.54, 1.807) is 27.6 Å². The summed E-state index contributed by atoms with van der Waals surface area (Å²) in [5.41, 5.74) is 0.978. The van der Waals surface area contributed by atoms with E-state index in [1.165, 1.54) is 0 Å². The van der Waals surface area contributed by atoms with Crippen molar-refractivity contribution in [2.75, 3.05) is 21.3 Å². The highest BCUT2D eigenvalue weighted by Gasteiger charge is 2.11. The predicted molar refractivity (Wildman–Crippen MR) is 77.5 cm³/mol. The molecule has 2 aromatic rings. The van der Waals surface area contributed by atoms with Crippen LogP contribution in [0, 0.1) is 0 Å². The van der Waals surface area contributed by atoms with E-state index in [9.17, 15) is 0 Å². The van der Waals surface area contributed by atoms with Crippen molar-refractivity contribution in [3.05, 3.63) is 47.9 Å². The molecule has 0 spiro atoms. The Kier molecular flexibility index (Phi) is 4.71. The van der Waals surface area contributed by atoms with E-state index in [-0.39, 0.29) is 0 Å². The molecule has 0 saturated carbocycles. The summed E-state index contributed by atoms with van der Waals surface area (Å²) in [6.07, 6.45) is 6.43. The highest BCUT2D eigenvalue weighted by molar-refractivity contribution is 5.62. The molecule has 0 radical (unpaired) electrons. The molecule has 0 saturated heterocycles. The van der Waals surface area contributed by atoms with Crippen molar-refractivity contribution in [3.8, 4) is 17.2 Å². The standard InChI is InChI=1S/C16H18O4/c1-17-14-10-12(11-15(18-2)16(14)19-3)6-4-7-13-8-5-9-20-13/h4-6,8-11H,7H2,1-3H3/b6-4+. The zero-order valence-corrected chi connectivity index (χ0v) is 11.9. The Bertz CT molecular complexity index is 545. The van der Waals surface area contributed by atoms with Crippen molar-refractivity contribution < 1.29 is 18.6 Å². The van der Waals surface area contributed by atoms with Gasteiger partial charge in [-0.25, -0.2) is 0 Å². The fraction of sp³-hybridized carbons (Fsp3) is 0.250. The summed E-state index contributed by atoms with van der Waals surface area (Å²) in [6, 6.07) is 7.63. The summed E-state index contributed by atoms with van der Waals surface area (Å²) in [4.78, 5) is 0. The Balaban J connectivity index is 2.21. The molecule has 4 nitrogen and oxygen atoms in total. The van der Waals surface area contributed by atoms with Gasteiger partial charge in [0.15, 0.2) is 11.5 Å². The van der Waals surface area contributed by atoms with Gasteiger partial charge >= 0.3 is 0 Å². The molecule has 0 bridgehead atoms. The molecule has 1 aromatic carbocycles.